The van der Waals surface area contributed by atoms with Crippen LogP contribution in [0.25, 0.3) is 0 Å². The quantitative estimate of drug-likeness (QED) is 0.856. The number of hydrogen-bond donors (Lipinski definition) is 1. The molecule has 1 aromatic carbocycles. The Bertz CT molecular complexity index is 690. The highest BCUT2D eigenvalue weighted by atomic mass is 32.2. The lowest BCUT2D eigenvalue weighted by Crippen LogP contribution is -2.13. The van der Waals surface area contributed by atoms with Crippen LogP contribution >= 0.6 is 0 Å². The van der Waals surface area contributed by atoms with Crippen LogP contribution in [0.4, 0.5) is 5.69 Å². The number of hydrogen-bond acceptors (Lipinski definition) is 4. The third kappa shape index (κ3) is 2.96. The Morgan fingerprint density at radius 3 is 2.74 bits per heavy atom. The molecule has 5 nitrogen and oxygen atoms in total. The molecule has 0 fully saturated rings. The first-order valence-corrected chi connectivity index (χ1v) is 7.60. The molecule has 0 saturated heterocycles. The molecular weight excluding hydrogens is 262 g/mol. The molecule has 19 heavy (non-hydrogen) atoms. The molecule has 102 valence electrons. The van der Waals surface area contributed by atoms with Gasteiger partial charge in [-0.25, -0.2) is 13.4 Å². The first-order valence-electron chi connectivity index (χ1n) is 5.95. The van der Waals surface area contributed by atoms with Gasteiger partial charge in [0.25, 0.3) is 0 Å². The highest BCUT2D eigenvalue weighted by molar-refractivity contribution is 7.91. The van der Waals surface area contributed by atoms with Gasteiger partial charge in [0.05, 0.1) is 16.3 Å². The molecule has 2 rings (SSSR count). The van der Waals surface area contributed by atoms with Crippen molar-refractivity contribution in [2.75, 3.05) is 11.5 Å². The summed E-state index contributed by atoms with van der Waals surface area (Å²) in [6.45, 7) is 1.84. The summed E-state index contributed by atoms with van der Waals surface area (Å²) in [6, 6.07) is 5.04. The van der Waals surface area contributed by atoms with Crippen molar-refractivity contribution in [1.82, 2.24) is 9.55 Å². The predicted octanol–water partition coefficient (Wildman–Crippen LogP) is 1.33. The van der Waals surface area contributed by atoms with Gasteiger partial charge in [-0.2, -0.15) is 0 Å². The van der Waals surface area contributed by atoms with Crippen LogP contribution in [0.5, 0.6) is 0 Å². The number of rotatable bonds is 4. The Labute approximate surface area is 113 Å². The van der Waals surface area contributed by atoms with Crippen molar-refractivity contribution in [3.63, 3.8) is 0 Å². The minimum atomic E-state index is -3.38. The van der Waals surface area contributed by atoms with Gasteiger partial charge in [-0.3, -0.25) is 0 Å². The topological polar surface area (TPSA) is 78.0 Å². The molecule has 0 aliphatic rings. The van der Waals surface area contributed by atoms with E-state index in [0.29, 0.717) is 12.1 Å². The first-order chi connectivity index (χ1) is 8.90. The fraction of sp³-hybridized carbons (Fsp3) is 0.308. The third-order valence-electron chi connectivity index (χ3n) is 3.02. The summed E-state index contributed by atoms with van der Waals surface area (Å²) in [4.78, 5) is 4.33. The van der Waals surface area contributed by atoms with Crippen molar-refractivity contribution in [2.45, 2.75) is 18.2 Å². The average molecular weight is 279 g/mol. The van der Waals surface area contributed by atoms with Gasteiger partial charge >= 0.3 is 0 Å². The molecule has 0 atom stereocenters. The van der Waals surface area contributed by atoms with Gasteiger partial charge < -0.3 is 10.3 Å². The summed E-state index contributed by atoms with van der Waals surface area (Å²) in [5.74, 6) is 0.751. The van der Waals surface area contributed by atoms with E-state index in [2.05, 4.69) is 4.98 Å². The maximum Gasteiger partial charge on any atom is 0.180 e. The van der Waals surface area contributed by atoms with Gasteiger partial charge in [0.15, 0.2) is 9.84 Å². The van der Waals surface area contributed by atoms with Crippen LogP contribution in [0, 0.1) is 6.92 Å². The molecule has 1 heterocycles. The number of nitrogens with zero attached hydrogens (tertiary/aromatic N) is 2. The van der Waals surface area contributed by atoms with E-state index in [9.17, 15) is 8.42 Å². The molecule has 1 aromatic heterocycles. The fourth-order valence-corrected chi connectivity index (χ4v) is 3.35. The van der Waals surface area contributed by atoms with Crippen LogP contribution in [-0.4, -0.2) is 23.7 Å². The lowest BCUT2D eigenvalue weighted by Gasteiger charge is -2.08. The Balaban J connectivity index is 2.23. The van der Waals surface area contributed by atoms with E-state index in [4.69, 9.17) is 5.73 Å². The summed E-state index contributed by atoms with van der Waals surface area (Å²) in [6.07, 6.45) is 3.82. The van der Waals surface area contributed by atoms with Gasteiger partial charge in [-0.15, -0.1) is 0 Å². The number of aryl methyl sites for hydroxylation is 3. The van der Waals surface area contributed by atoms with E-state index < -0.39 is 9.84 Å². The van der Waals surface area contributed by atoms with Crippen molar-refractivity contribution in [3.8, 4) is 0 Å². The van der Waals surface area contributed by atoms with Gasteiger partial charge in [-0.05, 0) is 24.6 Å². The minimum absolute atomic E-state index is 0.00546. The standard InChI is InChI=1S/C13H17N3O2S/c1-10-3-4-11(14)12(9-10)19(17,18)8-5-13-15-6-7-16(13)2/h3-4,6-7,9H,5,8,14H2,1-2H3. The summed E-state index contributed by atoms with van der Waals surface area (Å²) in [5.41, 5.74) is 6.93. The second-order valence-electron chi connectivity index (χ2n) is 4.56. The third-order valence-corrected chi connectivity index (χ3v) is 4.78. The van der Waals surface area contributed by atoms with Crippen LogP contribution in [0.1, 0.15) is 11.4 Å². The smallest absolute Gasteiger partial charge is 0.180 e. The number of imidazole rings is 1. The van der Waals surface area contributed by atoms with Crippen LogP contribution in [0.2, 0.25) is 0 Å². The molecule has 6 heteroatoms. The Morgan fingerprint density at radius 1 is 1.37 bits per heavy atom. The first kappa shape index (κ1) is 13.6. The molecule has 0 bridgehead atoms. The summed E-state index contributed by atoms with van der Waals surface area (Å²) < 4.78 is 26.4. The van der Waals surface area contributed by atoms with Crippen LogP contribution < -0.4 is 5.73 Å². The van der Waals surface area contributed by atoms with E-state index in [1.807, 2.05) is 18.5 Å². The number of nitrogens with two attached hydrogens (primary N) is 1. The maximum absolute atomic E-state index is 12.3. The maximum atomic E-state index is 12.3. The molecule has 0 radical (unpaired) electrons. The lowest BCUT2D eigenvalue weighted by atomic mass is 10.2. The zero-order chi connectivity index (χ0) is 14.0. The highest BCUT2D eigenvalue weighted by Crippen LogP contribution is 2.21. The normalized spacial score (nSPS) is 11.7. The molecule has 0 aliphatic heterocycles. The molecule has 0 saturated carbocycles. The zero-order valence-corrected chi connectivity index (χ0v) is 11.8. The SMILES string of the molecule is Cc1ccc(N)c(S(=O)(=O)CCc2nccn2C)c1. The molecular formula is C13H17N3O2S. The average Bonchev–Trinajstić information content (AvgIpc) is 2.75. The monoisotopic (exact) mass is 279 g/mol. The van der Waals surface area contributed by atoms with E-state index in [1.54, 1.807) is 30.6 Å². The van der Waals surface area contributed by atoms with Crippen molar-refractivity contribution in [3.05, 3.63) is 42.0 Å². The molecule has 0 aliphatic carbocycles. The van der Waals surface area contributed by atoms with Crippen LogP contribution in [0.3, 0.4) is 0 Å². The number of sulfone groups is 1. The predicted molar refractivity (Wildman–Crippen MR) is 74.6 cm³/mol. The van der Waals surface area contributed by atoms with Crippen LogP contribution in [0.15, 0.2) is 35.5 Å². The van der Waals surface area contributed by atoms with E-state index in [0.717, 1.165) is 11.4 Å². The lowest BCUT2D eigenvalue weighted by molar-refractivity contribution is 0.594. The number of anilines is 1. The second kappa shape index (κ2) is 5.05. The van der Waals surface area contributed by atoms with Gasteiger partial charge in [0, 0.05) is 25.9 Å². The molecule has 0 amide bonds. The molecule has 2 aromatic rings. The zero-order valence-electron chi connectivity index (χ0n) is 11.0. The van der Waals surface area contributed by atoms with Crippen LogP contribution in [-0.2, 0) is 23.3 Å². The van der Waals surface area contributed by atoms with Gasteiger partial charge in [0.2, 0.25) is 0 Å². The number of nitrogen functional groups attached to an aromatic ring is 1. The summed E-state index contributed by atoms with van der Waals surface area (Å²) >= 11 is 0. The van der Waals surface area contributed by atoms with Crippen molar-refractivity contribution < 1.29 is 8.42 Å². The molecule has 0 unspecified atom stereocenters. The van der Waals surface area contributed by atoms with E-state index >= 15 is 0 Å². The van der Waals surface area contributed by atoms with Gasteiger partial charge in [0.1, 0.15) is 5.82 Å². The second-order valence-corrected chi connectivity index (χ2v) is 6.64. The van der Waals surface area contributed by atoms with Crippen molar-refractivity contribution in [2.24, 2.45) is 7.05 Å². The Kier molecular flexibility index (Phi) is 3.61. The fourth-order valence-electron chi connectivity index (χ4n) is 1.88. The number of benzene rings is 1. The minimum Gasteiger partial charge on any atom is -0.398 e. The summed E-state index contributed by atoms with van der Waals surface area (Å²) in [7, 11) is -1.54. The largest absolute Gasteiger partial charge is 0.398 e. The van der Waals surface area contributed by atoms with E-state index in [-0.39, 0.29) is 10.6 Å². The Morgan fingerprint density at radius 2 is 2.11 bits per heavy atom. The highest BCUT2D eigenvalue weighted by Gasteiger charge is 2.18. The van der Waals surface area contributed by atoms with Crippen molar-refractivity contribution >= 4 is 15.5 Å². The Hall–Kier alpha value is -1.82. The molecule has 0 spiro atoms. The van der Waals surface area contributed by atoms with Gasteiger partial charge in [-0.1, -0.05) is 6.07 Å². The number of aromatic nitrogens is 2. The summed E-state index contributed by atoms with van der Waals surface area (Å²) in [5, 5.41) is 0. The van der Waals surface area contributed by atoms with Crippen molar-refractivity contribution in [1.29, 1.82) is 0 Å². The molecule has 2 N–H and O–H groups in total. The van der Waals surface area contributed by atoms with E-state index in [1.165, 1.54) is 0 Å².